The Bertz CT molecular complexity index is 725. The van der Waals surface area contributed by atoms with Crippen LogP contribution in [0.1, 0.15) is 79.1 Å². The van der Waals surface area contributed by atoms with Gasteiger partial charge in [0.25, 0.3) is 0 Å². The van der Waals surface area contributed by atoms with Gasteiger partial charge >= 0.3 is 0 Å². The Morgan fingerprint density at radius 3 is 2.06 bits per heavy atom. The van der Waals surface area contributed by atoms with E-state index in [2.05, 4.69) is 27.7 Å². The predicted molar refractivity (Wildman–Crippen MR) is 116 cm³/mol. The lowest BCUT2D eigenvalue weighted by Gasteiger charge is -2.68. The van der Waals surface area contributed by atoms with Crippen LogP contribution < -0.4 is 0 Å². The van der Waals surface area contributed by atoms with Gasteiger partial charge in [0.05, 0.1) is 32.0 Å². The fraction of sp³-hybridized carbons (Fsp3) is 1.00. The van der Waals surface area contributed by atoms with E-state index in [1.165, 1.54) is 12.8 Å². The molecule has 2 aliphatic heterocycles. The molecule has 0 aromatic rings. The Morgan fingerprint density at radius 2 is 1.39 bits per heavy atom. The molecule has 2 saturated heterocycles. The molecule has 176 valence electrons. The predicted octanol–water partition coefficient (Wildman–Crippen LogP) is 4.51. The summed E-state index contributed by atoms with van der Waals surface area (Å²) in [7, 11) is 0. The van der Waals surface area contributed by atoms with E-state index in [1.54, 1.807) is 0 Å². The molecule has 4 saturated carbocycles. The lowest BCUT2D eigenvalue weighted by molar-refractivity contribution is -0.314. The molecule has 0 amide bonds. The van der Waals surface area contributed by atoms with Crippen LogP contribution in [0.15, 0.2) is 0 Å². The summed E-state index contributed by atoms with van der Waals surface area (Å²) in [5.74, 6) is 1.62. The number of hydrogen-bond donors (Lipinski definition) is 1. The lowest BCUT2D eigenvalue weighted by Crippen LogP contribution is -2.69. The Kier molecular flexibility index (Phi) is 4.60. The maximum Gasteiger partial charge on any atom is 0.174 e. The minimum absolute atomic E-state index is 0.0834. The van der Waals surface area contributed by atoms with Gasteiger partial charge in [-0.1, -0.05) is 27.7 Å². The van der Waals surface area contributed by atoms with Crippen LogP contribution >= 0.6 is 0 Å². The minimum Gasteiger partial charge on any atom is -0.389 e. The van der Waals surface area contributed by atoms with E-state index in [0.717, 1.165) is 45.3 Å². The maximum absolute atomic E-state index is 12.5. The highest BCUT2D eigenvalue weighted by atomic mass is 16.7. The Labute approximate surface area is 187 Å². The van der Waals surface area contributed by atoms with E-state index >= 15 is 0 Å². The van der Waals surface area contributed by atoms with E-state index in [1.807, 2.05) is 0 Å². The van der Waals surface area contributed by atoms with E-state index in [4.69, 9.17) is 18.9 Å². The Hall–Kier alpha value is -0.200. The van der Waals surface area contributed by atoms with Gasteiger partial charge in [0.2, 0.25) is 0 Å². The first-order valence-electron chi connectivity index (χ1n) is 13.0. The van der Waals surface area contributed by atoms with Crippen LogP contribution in [-0.4, -0.2) is 48.7 Å². The molecule has 0 aromatic carbocycles. The van der Waals surface area contributed by atoms with E-state index in [9.17, 15) is 5.11 Å². The molecule has 2 spiro atoms. The third kappa shape index (κ3) is 2.56. The van der Waals surface area contributed by atoms with Gasteiger partial charge in [-0.25, -0.2) is 0 Å². The molecule has 2 heterocycles. The molecule has 7 atom stereocenters. The summed E-state index contributed by atoms with van der Waals surface area (Å²) in [6.07, 6.45) is 8.22. The van der Waals surface area contributed by atoms with Gasteiger partial charge < -0.3 is 24.1 Å². The van der Waals surface area contributed by atoms with E-state index in [-0.39, 0.29) is 22.5 Å². The second kappa shape index (κ2) is 6.69. The quantitative estimate of drug-likeness (QED) is 0.658. The smallest absolute Gasteiger partial charge is 0.174 e. The second-order valence-electron chi connectivity index (χ2n) is 12.5. The highest BCUT2D eigenvalue weighted by Crippen LogP contribution is 2.72. The molecule has 5 heteroatoms. The SMILES string of the molecule is CC(C)[C@@H]1C[C@H]2[C@@H]3CCC4(OCCO4)[C@@]3(C)CC[C@@H]2[C@@]2(C)CCC3(C[C@]12O)OCCO3. The van der Waals surface area contributed by atoms with Crippen LogP contribution in [0.3, 0.4) is 0 Å². The van der Waals surface area contributed by atoms with Crippen molar-refractivity contribution in [2.75, 3.05) is 26.4 Å². The fourth-order valence-corrected chi connectivity index (χ4v) is 9.78. The van der Waals surface area contributed by atoms with Crippen molar-refractivity contribution in [1.29, 1.82) is 0 Å². The molecule has 6 fully saturated rings. The summed E-state index contributed by atoms with van der Waals surface area (Å²) in [4.78, 5) is 0. The van der Waals surface area contributed by atoms with Crippen molar-refractivity contribution >= 4 is 0 Å². The molecular formula is C26H42O5. The molecule has 0 aromatic heterocycles. The summed E-state index contributed by atoms with van der Waals surface area (Å²) in [6.45, 7) is 12.3. The van der Waals surface area contributed by atoms with Crippen molar-refractivity contribution < 1.29 is 24.1 Å². The number of rotatable bonds is 1. The Morgan fingerprint density at radius 1 is 0.774 bits per heavy atom. The van der Waals surface area contributed by atoms with E-state index in [0.29, 0.717) is 43.3 Å². The van der Waals surface area contributed by atoms with Crippen LogP contribution in [0.4, 0.5) is 0 Å². The molecular weight excluding hydrogens is 392 g/mol. The first-order valence-corrected chi connectivity index (χ1v) is 13.0. The van der Waals surface area contributed by atoms with Crippen molar-refractivity contribution in [3.63, 3.8) is 0 Å². The zero-order valence-corrected chi connectivity index (χ0v) is 20.0. The molecule has 0 radical (unpaired) electrons. The Balaban J connectivity index is 1.38. The first-order chi connectivity index (χ1) is 14.7. The van der Waals surface area contributed by atoms with Gasteiger partial charge in [0, 0.05) is 30.1 Å². The molecule has 1 N–H and O–H groups in total. The van der Waals surface area contributed by atoms with Crippen LogP contribution in [0.2, 0.25) is 0 Å². The summed E-state index contributed by atoms with van der Waals surface area (Å²) >= 11 is 0. The van der Waals surface area contributed by atoms with Crippen molar-refractivity contribution in [2.45, 2.75) is 96.2 Å². The zero-order chi connectivity index (χ0) is 21.7. The van der Waals surface area contributed by atoms with Crippen molar-refractivity contribution in [3.05, 3.63) is 0 Å². The van der Waals surface area contributed by atoms with Crippen LogP contribution in [0.5, 0.6) is 0 Å². The van der Waals surface area contributed by atoms with Gasteiger partial charge in [-0.05, 0) is 61.7 Å². The van der Waals surface area contributed by atoms with Gasteiger partial charge in [0.15, 0.2) is 11.6 Å². The maximum atomic E-state index is 12.5. The second-order valence-corrected chi connectivity index (χ2v) is 12.5. The summed E-state index contributed by atoms with van der Waals surface area (Å²) < 4.78 is 25.0. The van der Waals surface area contributed by atoms with Crippen molar-refractivity contribution in [1.82, 2.24) is 0 Å². The zero-order valence-electron chi connectivity index (χ0n) is 20.0. The summed E-state index contributed by atoms with van der Waals surface area (Å²) in [5, 5.41) is 12.5. The van der Waals surface area contributed by atoms with Crippen LogP contribution in [-0.2, 0) is 18.9 Å². The highest BCUT2D eigenvalue weighted by Gasteiger charge is 2.72. The lowest BCUT2D eigenvalue weighted by atomic mass is 9.40. The van der Waals surface area contributed by atoms with Crippen molar-refractivity contribution in [3.8, 4) is 0 Å². The number of ether oxygens (including phenoxy) is 4. The van der Waals surface area contributed by atoms with E-state index < -0.39 is 11.4 Å². The third-order valence-corrected chi connectivity index (χ3v) is 11.4. The largest absolute Gasteiger partial charge is 0.389 e. The first kappa shape index (κ1) is 21.3. The minimum atomic E-state index is -0.727. The topological polar surface area (TPSA) is 57.2 Å². The molecule has 5 nitrogen and oxygen atoms in total. The van der Waals surface area contributed by atoms with Gasteiger partial charge in [-0.2, -0.15) is 0 Å². The van der Waals surface area contributed by atoms with Gasteiger partial charge in [-0.15, -0.1) is 0 Å². The number of aliphatic hydroxyl groups is 1. The summed E-state index contributed by atoms with van der Waals surface area (Å²) in [6, 6.07) is 0. The normalized spacial score (nSPS) is 52.5. The molecule has 0 unspecified atom stereocenters. The molecule has 4 aliphatic carbocycles. The molecule has 31 heavy (non-hydrogen) atoms. The van der Waals surface area contributed by atoms with Gasteiger partial charge in [0.1, 0.15) is 0 Å². The highest BCUT2D eigenvalue weighted by molar-refractivity contribution is 5.19. The van der Waals surface area contributed by atoms with Crippen molar-refractivity contribution in [2.24, 2.45) is 40.4 Å². The van der Waals surface area contributed by atoms with Crippen LogP contribution in [0.25, 0.3) is 0 Å². The van der Waals surface area contributed by atoms with Gasteiger partial charge in [-0.3, -0.25) is 0 Å². The fourth-order valence-electron chi connectivity index (χ4n) is 9.78. The number of hydrogen-bond acceptors (Lipinski definition) is 5. The third-order valence-electron chi connectivity index (χ3n) is 11.4. The molecule has 6 rings (SSSR count). The molecule has 0 bridgehead atoms. The average Bonchev–Trinajstić information content (AvgIpc) is 3.44. The molecule has 6 aliphatic rings. The standard InChI is InChI=1S/C26H42O5/c1-17(2)21-15-18-19(5-7-23(4)20(18)6-8-26(23)30-13-14-31-26)22(3)9-10-24(16-25(21,22)27)28-11-12-29-24/h17-21,27H,5-16H2,1-4H3/t18-,19+,20+,21+,22-,23+,25+/m1/s1. The average molecular weight is 435 g/mol. The number of fused-ring (bicyclic) bond motifs is 6. The monoisotopic (exact) mass is 434 g/mol. The van der Waals surface area contributed by atoms with Crippen LogP contribution in [0, 0.1) is 40.4 Å². The summed E-state index contributed by atoms with van der Waals surface area (Å²) in [5.41, 5.74) is -0.708.